The molecule has 1 heterocycles. The van der Waals surface area contributed by atoms with Gasteiger partial charge in [0.2, 0.25) is 5.91 Å². The Kier molecular flexibility index (Phi) is 5.92. The second kappa shape index (κ2) is 8.54. The molecular weight excluding hydrogens is 371 g/mol. The summed E-state index contributed by atoms with van der Waals surface area (Å²) in [5, 5.41) is 11.3. The van der Waals surface area contributed by atoms with E-state index in [1.807, 2.05) is 0 Å². The van der Waals surface area contributed by atoms with Crippen molar-refractivity contribution in [1.82, 2.24) is 15.2 Å². The Hall–Kier alpha value is -3.07. The van der Waals surface area contributed by atoms with Gasteiger partial charge in [-0.3, -0.25) is 4.79 Å². The highest BCUT2D eigenvalue weighted by molar-refractivity contribution is 7.99. The zero-order valence-corrected chi connectivity index (χ0v) is 15.5. The number of ether oxygens (including phenoxy) is 2. The van der Waals surface area contributed by atoms with Gasteiger partial charge in [0, 0.05) is 11.6 Å². The first-order chi connectivity index (χ1) is 13.1. The van der Waals surface area contributed by atoms with Crippen LogP contribution in [0.5, 0.6) is 11.5 Å². The minimum Gasteiger partial charge on any atom is -0.497 e. The average molecular weight is 388 g/mol. The Morgan fingerprint density at radius 2 is 1.93 bits per heavy atom. The maximum absolute atomic E-state index is 13.0. The summed E-state index contributed by atoms with van der Waals surface area (Å²) in [4.78, 5) is 15.2. The number of hydrogen-bond donors (Lipinski definition) is 2. The number of anilines is 1. The van der Waals surface area contributed by atoms with Gasteiger partial charge in [0.25, 0.3) is 0 Å². The molecule has 9 heteroatoms. The molecule has 1 amide bonds. The van der Waals surface area contributed by atoms with Gasteiger partial charge in [-0.15, -0.1) is 10.2 Å². The number of aromatic amines is 1. The SMILES string of the molecule is COc1ccc(OC)c(NC(=O)CSc2nnc(-c3ccc(F)cc3)[nH]2)c1. The number of amides is 1. The lowest BCUT2D eigenvalue weighted by atomic mass is 10.2. The normalized spacial score (nSPS) is 10.5. The molecule has 0 radical (unpaired) electrons. The number of nitrogens with one attached hydrogen (secondary N) is 2. The Morgan fingerprint density at radius 1 is 1.15 bits per heavy atom. The smallest absolute Gasteiger partial charge is 0.234 e. The van der Waals surface area contributed by atoms with E-state index in [9.17, 15) is 9.18 Å². The summed E-state index contributed by atoms with van der Waals surface area (Å²) < 4.78 is 23.4. The van der Waals surface area contributed by atoms with E-state index in [1.54, 1.807) is 37.4 Å². The average Bonchev–Trinajstić information content (AvgIpc) is 3.16. The Labute approximate surface area is 159 Å². The van der Waals surface area contributed by atoms with Crippen molar-refractivity contribution in [2.75, 3.05) is 25.3 Å². The third-order valence-corrected chi connectivity index (χ3v) is 4.47. The third kappa shape index (κ3) is 4.76. The predicted octanol–water partition coefficient (Wildman–Crippen LogP) is 3.36. The summed E-state index contributed by atoms with van der Waals surface area (Å²) in [6.45, 7) is 0. The maximum atomic E-state index is 13.0. The number of methoxy groups -OCH3 is 2. The lowest BCUT2D eigenvalue weighted by Crippen LogP contribution is -2.15. The van der Waals surface area contributed by atoms with Gasteiger partial charge >= 0.3 is 0 Å². The van der Waals surface area contributed by atoms with Crippen molar-refractivity contribution >= 4 is 23.4 Å². The van der Waals surface area contributed by atoms with Crippen molar-refractivity contribution in [3.63, 3.8) is 0 Å². The highest BCUT2D eigenvalue weighted by Gasteiger charge is 2.12. The van der Waals surface area contributed by atoms with Crippen molar-refractivity contribution < 1.29 is 18.7 Å². The number of aromatic nitrogens is 3. The summed E-state index contributed by atoms with van der Waals surface area (Å²) in [6.07, 6.45) is 0. The number of carbonyl (C=O) groups is 1. The number of benzene rings is 2. The number of thioether (sulfide) groups is 1. The topological polar surface area (TPSA) is 89.1 Å². The van der Waals surface area contributed by atoms with Gasteiger partial charge < -0.3 is 19.8 Å². The first kappa shape index (κ1) is 18.7. The quantitative estimate of drug-likeness (QED) is 0.604. The van der Waals surface area contributed by atoms with Crippen molar-refractivity contribution in [1.29, 1.82) is 0 Å². The second-order valence-electron chi connectivity index (χ2n) is 5.39. The fourth-order valence-corrected chi connectivity index (χ4v) is 2.89. The number of carbonyl (C=O) groups excluding carboxylic acids is 1. The van der Waals surface area contributed by atoms with E-state index in [1.165, 1.54) is 31.0 Å². The predicted molar refractivity (Wildman–Crippen MR) is 101 cm³/mol. The van der Waals surface area contributed by atoms with Crippen LogP contribution < -0.4 is 14.8 Å². The van der Waals surface area contributed by atoms with Crippen LogP contribution in [0.25, 0.3) is 11.4 Å². The number of halogens is 1. The lowest BCUT2D eigenvalue weighted by molar-refractivity contribution is -0.113. The number of rotatable bonds is 7. The van der Waals surface area contributed by atoms with Crippen LogP contribution in [0.3, 0.4) is 0 Å². The molecule has 0 saturated carbocycles. The Morgan fingerprint density at radius 3 is 2.63 bits per heavy atom. The van der Waals surface area contributed by atoms with Crippen LogP contribution >= 0.6 is 11.8 Å². The molecule has 0 aliphatic heterocycles. The molecule has 0 aliphatic carbocycles. The first-order valence-electron chi connectivity index (χ1n) is 7.92. The van der Waals surface area contributed by atoms with Gasteiger partial charge in [0.1, 0.15) is 17.3 Å². The molecule has 140 valence electrons. The van der Waals surface area contributed by atoms with Gasteiger partial charge in [-0.25, -0.2) is 4.39 Å². The Balaban J connectivity index is 1.61. The van der Waals surface area contributed by atoms with Crippen LogP contribution in [0.4, 0.5) is 10.1 Å². The zero-order valence-electron chi connectivity index (χ0n) is 14.7. The monoisotopic (exact) mass is 388 g/mol. The zero-order chi connectivity index (χ0) is 19.2. The molecule has 3 rings (SSSR count). The molecule has 0 atom stereocenters. The number of H-pyrrole nitrogens is 1. The maximum Gasteiger partial charge on any atom is 0.234 e. The van der Waals surface area contributed by atoms with Gasteiger partial charge in [-0.2, -0.15) is 0 Å². The number of nitrogens with zero attached hydrogens (tertiary/aromatic N) is 2. The van der Waals surface area contributed by atoms with E-state index in [0.717, 1.165) is 0 Å². The van der Waals surface area contributed by atoms with Crippen LogP contribution in [-0.4, -0.2) is 41.1 Å². The molecule has 0 bridgehead atoms. The van der Waals surface area contributed by atoms with Gasteiger partial charge in [0.05, 0.1) is 25.7 Å². The molecule has 0 saturated heterocycles. The van der Waals surface area contributed by atoms with Gasteiger partial charge in [-0.05, 0) is 36.4 Å². The van der Waals surface area contributed by atoms with Gasteiger partial charge in [0.15, 0.2) is 11.0 Å². The molecule has 27 heavy (non-hydrogen) atoms. The van der Waals surface area contributed by atoms with E-state index < -0.39 is 0 Å². The molecule has 0 unspecified atom stereocenters. The van der Waals surface area contributed by atoms with Crippen LogP contribution in [0.15, 0.2) is 47.6 Å². The van der Waals surface area contributed by atoms with E-state index >= 15 is 0 Å². The van der Waals surface area contributed by atoms with Crippen LogP contribution in [0.1, 0.15) is 0 Å². The third-order valence-electron chi connectivity index (χ3n) is 3.60. The highest BCUT2D eigenvalue weighted by Crippen LogP contribution is 2.29. The summed E-state index contributed by atoms with van der Waals surface area (Å²) in [5.41, 5.74) is 1.23. The Bertz CT molecular complexity index is 931. The molecule has 2 aromatic carbocycles. The molecule has 1 aromatic heterocycles. The minimum atomic E-state index is -0.322. The molecule has 3 aromatic rings. The standard InChI is InChI=1S/C18H17FN4O3S/c1-25-13-7-8-15(26-2)14(9-13)20-16(24)10-27-18-21-17(22-23-18)11-3-5-12(19)6-4-11/h3-9H,10H2,1-2H3,(H,20,24)(H,21,22,23). The summed E-state index contributed by atoms with van der Waals surface area (Å²) in [5.74, 6) is 1.22. The minimum absolute atomic E-state index is 0.123. The lowest BCUT2D eigenvalue weighted by Gasteiger charge is -2.11. The summed E-state index contributed by atoms with van der Waals surface area (Å²) in [7, 11) is 3.07. The fourth-order valence-electron chi connectivity index (χ4n) is 2.28. The van der Waals surface area contributed by atoms with Crippen molar-refractivity contribution in [3.8, 4) is 22.9 Å². The van der Waals surface area contributed by atoms with Crippen LogP contribution in [-0.2, 0) is 4.79 Å². The van der Waals surface area contributed by atoms with E-state index in [2.05, 4.69) is 20.5 Å². The van der Waals surface area contributed by atoms with E-state index in [-0.39, 0.29) is 17.5 Å². The van der Waals surface area contributed by atoms with Crippen molar-refractivity contribution in [2.45, 2.75) is 5.16 Å². The van der Waals surface area contributed by atoms with Crippen LogP contribution in [0.2, 0.25) is 0 Å². The summed E-state index contributed by atoms with van der Waals surface area (Å²) in [6, 6.07) is 11.0. The highest BCUT2D eigenvalue weighted by atomic mass is 32.2. The molecular formula is C18H17FN4O3S. The van der Waals surface area contributed by atoms with Crippen molar-refractivity contribution in [2.24, 2.45) is 0 Å². The molecule has 0 aliphatic rings. The molecule has 2 N–H and O–H groups in total. The second-order valence-corrected chi connectivity index (χ2v) is 6.35. The largest absolute Gasteiger partial charge is 0.497 e. The summed E-state index contributed by atoms with van der Waals surface area (Å²) >= 11 is 1.20. The van der Waals surface area contributed by atoms with Crippen molar-refractivity contribution in [3.05, 3.63) is 48.3 Å². The fraction of sp³-hybridized carbons (Fsp3) is 0.167. The van der Waals surface area contributed by atoms with Gasteiger partial charge in [-0.1, -0.05) is 11.8 Å². The number of hydrogen-bond acceptors (Lipinski definition) is 6. The molecule has 0 spiro atoms. The van der Waals surface area contributed by atoms with Crippen LogP contribution in [0, 0.1) is 5.82 Å². The van der Waals surface area contributed by atoms with E-state index in [0.29, 0.717) is 33.7 Å². The first-order valence-corrected chi connectivity index (χ1v) is 8.91. The molecule has 7 nitrogen and oxygen atoms in total. The van der Waals surface area contributed by atoms with E-state index in [4.69, 9.17) is 9.47 Å². The molecule has 0 fully saturated rings.